The van der Waals surface area contributed by atoms with Gasteiger partial charge in [0.25, 0.3) is 0 Å². The number of carboxylic acids is 1. The van der Waals surface area contributed by atoms with Crippen molar-refractivity contribution in [3.63, 3.8) is 0 Å². The van der Waals surface area contributed by atoms with Crippen LogP contribution in [-0.2, 0) is 29.0 Å². The smallest absolute Gasteiger partial charge is 0.475 e. The summed E-state index contributed by atoms with van der Waals surface area (Å²) in [6, 6.07) is 6.15. The van der Waals surface area contributed by atoms with Crippen molar-refractivity contribution in [2.24, 2.45) is 0 Å². The fraction of sp³-hybridized carbons (Fsp3) is 0.350. The van der Waals surface area contributed by atoms with Crippen LogP contribution in [-0.4, -0.2) is 49.6 Å². The SMILES string of the molecule is CC(=O)N(c1ccc(F)cc1)c1nc(CNC2CCc3n[nH]nc3C2)cs1.O=C(O)C(F)(F)F. The minimum Gasteiger partial charge on any atom is -0.475 e. The van der Waals surface area contributed by atoms with Gasteiger partial charge in [-0.3, -0.25) is 9.69 Å². The number of hydrogen-bond donors (Lipinski definition) is 3. The number of nitrogens with one attached hydrogen (secondary N) is 2. The van der Waals surface area contributed by atoms with E-state index in [9.17, 15) is 22.4 Å². The van der Waals surface area contributed by atoms with Gasteiger partial charge in [0.05, 0.1) is 22.8 Å². The summed E-state index contributed by atoms with van der Waals surface area (Å²) in [4.78, 5) is 27.1. The number of carbonyl (C=O) groups is 2. The molecule has 14 heteroatoms. The molecule has 1 aromatic carbocycles. The van der Waals surface area contributed by atoms with Crippen LogP contribution in [0.1, 0.15) is 30.4 Å². The zero-order valence-corrected chi connectivity index (χ0v) is 18.6. The summed E-state index contributed by atoms with van der Waals surface area (Å²) in [5.41, 5.74) is 3.55. The number of alkyl halides is 3. The first-order chi connectivity index (χ1) is 16.0. The van der Waals surface area contributed by atoms with E-state index in [-0.39, 0.29) is 11.7 Å². The molecule has 1 aliphatic carbocycles. The highest BCUT2D eigenvalue weighted by molar-refractivity contribution is 7.14. The normalized spacial score (nSPS) is 15.1. The molecular weight excluding hydrogens is 480 g/mol. The van der Waals surface area contributed by atoms with E-state index in [0.29, 0.717) is 23.4 Å². The molecule has 2 aromatic heterocycles. The highest BCUT2D eigenvalue weighted by Gasteiger charge is 2.38. The van der Waals surface area contributed by atoms with E-state index in [1.165, 1.54) is 35.3 Å². The lowest BCUT2D eigenvalue weighted by molar-refractivity contribution is -0.192. The Morgan fingerprint density at radius 2 is 1.88 bits per heavy atom. The van der Waals surface area contributed by atoms with Crippen molar-refractivity contribution >= 4 is 34.0 Å². The highest BCUT2D eigenvalue weighted by Crippen LogP contribution is 2.29. The molecule has 0 spiro atoms. The number of aromatic nitrogens is 4. The van der Waals surface area contributed by atoms with Crippen molar-refractivity contribution in [2.75, 3.05) is 4.90 Å². The molecule has 3 N–H and O–H groups in total. The summed E-state index contributed by atoms with van der Waals surface area (Å²) in [7, 11) is 0. The number of H-pyrrole nitrogens is 1. The Morgan fingerprint density at radius 1 is 1.24 bits per heavy atom. The minimum atomic E-state index is -5.08. The van der Waals surface area contributed by atoms with E-state index in [2.05, 4.69) is 25.7 Å². The molecule has 1 amide bonds. The Morgan fingerprint density at radius 3 is 2.50 bits per heavy atom. The van der Waals surface area contributed by atoms with E-state index < -0.39 is 12.1 Å². The maximum absolute atomic E-state index is 13.2. The second-order valence-corrected chi connectivity index (χ2v) is 8.13. The van der Waals surface area contributed by atoms with Crippen molar-refractivity contribution in [3.05, 3.63) is 52.5 Å². The number of benzene rings is 1. The molecule has 1 aliphatic rings. The van der Waals surface area contributed by atoms with Gasteiger partial charge in [0.2, 0.25) is 5.91 Å². The molecule has 3 aromatic rings. The molecule has 4 rings (SSSR count). The van der Waals surface area contributed by atoms with Crippen LogP contribution in [0.25, 0.3) is 0 Å². The molecule has 0 saturated carbocycles. The van der Waals surface area contributed by atoms with Gasteiger partial charge in [-0.15, -0.1) is 11.3 Å². The van der Waals surface area contributed by atoms with Crippen LogP contribution in [0.15, 0.2) is 29.6 Å². The first kappa shape index (κ1) is 25.2. The molecule has 0 radical (unpaired) electrons. The summed E-state index contributed by atoms with van der Waals surface area (Å²) in [6.07, 6.45) is -2.32. The molecule has 0 saturated heterocycles. The van der Waals surface area contributed by atoms with Gasteiger partial charge in [-0.25, -0.2) is 14.2 Å². The van der Waals surface area contributed by atoms with Crippen LogP contribution < -0.4 is 10.2 Å². The Bertz CT molecular complexity index is 1130. The maximum Gasteiger partial charge on any atom is 0.490 e. The number of carbonyl (C=O) groups excluding carboxylic acids is 1. The van der Waals surface area contributed by atoms with Crippen LogP contribution in [0.5, 0.6) is 0 Å². The fourth-order valence-electron chi connectivity index (χ4n) is 3.21. The topological polar surface area (TPSA) is 124 Å². The van der Waals surface area contributed by atoms with Gasteiger partial charge in [-0.2, -0.15) is 28.6 Å². The molecule has 182 valence electrons. The van der Waals surface area contributed by atoms with Gasteiger partial charge in [-0.05, 0) is 37.1 Å². The van der Waals surface area contributed by atoms with E-state index in [1.54, 1.807) is 12.1 Å². The van der Waals surface area contributed by atoms with E-state index in [0.717, 1.165) is 36.3 Å². The number of aliphatic carboxylic acids is 1. The van der Waals surface area contributed by atoms with Gasteiger partial charge in [-0.1, -0.05) is 0 Å². The first-order valence-corrected chi connectivity index (χ1v) is 10.8. The molecule has 34 heavy (non-hydrogen) atoms. The van der Waals surface area contributed by atoms with E-state index in [4.69, 9.17) is 9.90 Å². The largest absolute Gasteiger partial charge is 0.490 e. The van der Waals surface area contributed by atoms with Gasteiger partial charge < -0.3 is 10.4 Å². The predicted octanol–water partition coefficient (Wildman–Crippen LogP) is 3.37. The van der Waals surface area contributed by atoms with Crippen LogP contribution in [0.4, 0.5) is 28.4 Å². The van der Waals surface area contributed by atoms with Crippen molar-refractivity contribution in [1.29, 1.82) is 0 Å². The Kier molecular flexibility index (Phi) is 7.94. The number of hydrogen-bond acceptors (Lipinski definition) is 7. The molecule has 0 bridgehead atoms. The molecule has 0 fully saturated rings. The summed E-state index contributed by atoms with van der Waals surface area (Å²) >= 11 is 1.39. The van der Waals surface area contributed by atoms with E-state index >= 15 is 0 Å². The third-order valence-electron chi connectivity index (χ3n) is 4.82. The van der Waals surface area contributed by atoms with E-state index in [1.807, 2.05) is 5.38 Å². The fourth-order valence-corrected chi connectivity index (χ4v) is 4.09. The summed E-state index contributed by atoms with van der Waals surface area (Å²) in [5, 5.41) is 24.2. The standard InChI is InChI=1S/C18H19FN6OS.C2HF3O2/c1-11(26)25(15-5-2-12(19)3-6-15)18-21-14(10-27-18)9-20-13-4-7-16-17(8-13)23-24-22-16;3-2(4,5)1(6)7/h2-3,5-6,10,13,20H,4,7-9H2,1H3,(H,22,23,24);(H,6,7). The van der Waals surface area contributed by atoms with Crippen molar-refractivity contribution in [1.82, 2.24) is 25.7 Å². The quantitative estimate of drug-likeness (QED) is 0.459. The number of fused-ring (bicyclic) bond motifs is 1. The third kappa shape index (κ3) is 6.57. The number of amides is 1. The molecule has 1 atom stereocenters. The number of halogens is 4. The molecule has 1 unspecified atom stereocenters. The van der Waals surface area contributed by atoms with Crippen LogP contribution >= 0.6 is 11.3 Å². The average Bonchev–Trinajstić information content (AvgIpc) is 3.42. The average molecular weight is 500 g/mol. The third-order valence-corrected chi connectivity index (χ3v) is 5.69. The summed E-state index contributed by atoms with van der Waals surface area (Å²) in [6.45, 7) is 2.09. The van der Waals surface area contributed by atoms with Crippen molar-refractivity contribution in [3.8, 4) is 0 Å². The highest BCUT2D eigenvalue weighted by atomic mass is 32.1. The number of aromatic amines is 1. The number of carboxylic acid groups (broad SMARTS) is 1. The molecular formula is C20H20F4N6O3S. The zero-order valence-electron chi connectivity index (χ0n) is 17.8. The lowest BCUT2D eigenvalue weighted by Crippen LogP contribution is -2.34. The minimum absolute atomic E-state index is 0.165. The summed E-state index contributed by atoms with van der Waals surface area (Å²) in [5.74, 6) is -3.26. The number of nitrogens with zero attached hydrogens (tertiary/aromatic N) is 4. The van der Waals surface area contributed by atoms with Crippen LogP contribution in [0.2, 0.25) is 0 Å². The zero-order chi connectivity index (χ0) is 24.9. The van der Waals surface area contributed by atoms with Crippen LogP contribution in [0.3, 0.4) is 0 Å². The monoisotopic (exact) mass is 500 g/mol. The lowest BCUT2D eigenvalue weighted by Gasteiger charge is -2.21. The van der Waals surface area contributed by atoms with Crippen molar-refractivity contribution < 1.29 is 32.3 Å². The van der Waals surface area contributed by atoms with Gasteiger partial charge in [0.15, 0.2) is 5.13 Å². The Hall–Kier alpha value is -3.39. The number of rotatable bonds is 5. The number of aryl methyl sites for hydroxylation is 1. The number of anilines is 2. The second-order valence-electron chi connectivity index (χ2n) is 7.29. The van der Waals surface area contributed by atoms with Crippen LogP contribution in [0, 0.1) is 5.82 Å². The summed E-state index contributed by atoms with van der Waals surface area (Å²) < 4.78 is 44.9. The van der Waals surface area contributed by atoms with Gasteiger partial charge in [0.1, 0.15) is 5.82 Å². The Labute approximate surface area is 194 Å². The van der Waals surface area contributed by atoms with Crippen molar-refractivity contribution in [2.45, 2.75) is 44.9 Å². The number of thiazole rings is 1. The van der Waals surface area contributed by atoms with Gasteiger partial charge in [0, 0.05) is 31.3 Å². The second kappa shape index (κ2) is 10.7. The molecule has 2 heterocycles. The molecule has 9 nitrogen and oxygen atoms in total. The predicted molar refractivity (Wildman–Crippen MR) is 114 cm³/mol. The lowest BCUT2D eigenvalue weighted by atomic mass is 9.96. The first-order valence-electron chi connectivity index (χ1n) is 9.97. The van der Waals surface area contributed by atoms with Gasteiger partial charge >= 0.3 is 12.1 Å². The maximum atomic E-state index is 13.2. The Balaban J connectivity index is 0.000000406. The molecule has 0 aliphatic heterocycles.